The van der Waals surface area contributed by atoms with Gasteiger partial charge in [-0.15, -0.1) is 0 Å². The van der Waals surface area contributed by atoms with Crippen molar-refractivity contribution in [3.05, 3.63) is 65.2 Å². The molecule has 0 atom stereocenters. The lowest BCUT2D eigenvalue weighted by Gasteiger charge is -2.15. The molecule has 2 amide bonds. The van der Waals surface area contributed by atoms with Gasteiger partial charge in [-0.25, -0.2) is 4.79 Å². The van der Waals surface area contributed by atoms with Crippen LogP contribution in [0.2, 0.25) is 0 Å². The average molecular weight is 396 g/mol. The van der Waals surface area contributed by atoms with Gasteiger partial charge >= 0.3 is 5.97 Å². The van der Waals surface area contributed by atoms with E-state index in [1.807, 2.05) is 29.2 Å². The van der Waals surface area contributed by atoms with E-state index in [1.54, 1.807) is 24.3 Å². The summed E-state index contributed by atoms with van der Waals surface area (Å²) in [6, 6.07) is 14.4. The Hall–Kier alpha value is -3.35. The highest BCUT2D eigenvalue weighted by Crippen LogP contribution is 2.15. The van der Waals surface area contributed by atoms with Gasteiger partial charge in [-0.2, -0.15) is 0 Å². The van der Waals surface area contributed by atoms with Gasteiger partial charge in [0.25, 0.3) is 5.91 Å². The lowest BCUT2D eigenvalue weighted by molar-refractivity contribution is -0.139. The van der Waals surface area contributed by atoms with Crippen LogP contribution in [0.1, 0.15) is 34.3 Å². The molecule has 0 saturated carbocycles. The van der Waals surface area contributed by atoms with E-state index in [1.165, 1.54) is 0 Å². The Morgan fingerprint density at radius 1 is 1.03 bits per heavy atom. The maximum absolute atomic E-state index is 12.3. The van der Waals surface area contributed by atoms with Gasteiger partial charge in [-0.05, 0) is 48.2 Å². The summed E-state index contributed by atoms with van der Waals surface area (Å²) in [6.07, 6.45) is 2.19. The minimum absolute atomic E-state index is 0.143. The first-order chi connectivity index (χ1) is 14.0. The molecule has 7 heteroatoms. The highest BCUT2D eigenvalue weighted by Gasteiger charge is 2.19. The van der Waals surface area contributed by atoms with Crippen LogP contribution in [0.15, 0.2) is 48.5 Å². The first-order valence-corrected chi connectivity index (χ1v) is 9.60. The van der Waals surface area contributed by atoms with Crippen molar-refractivity contribution in [2.45, 2.75) is 25.8 Å². The predicted molar refractivity (Wildman–Crippen MR) is 107 cm³/mol. The topological polar surface area (TPSA) is 95.9 Å². The Labute approximate surface area is 169 Å². The van der Waals surface area contributed by atoms with Crippen molar-refractivity contribution in [2.24, 2.45) is 0 Å². The van der Waals surface area contributed by atoms with Gasteiger partial charge in [0, 0.05) is 31.6 Å². The highest BCUT2D eigenvalue weighted by molar-refractivity contribution is 5.94. The number of nitrogens with zero attached hydrogens (tertiary/aromatic N) is 1. The number of benzene rings is 2. The third-order valence-corrected chi connectivity index (χ3v) is 4.75. The number of ether oxygens (including phenoxy) is 1. The van der Waals surface area contributed by atoms with Crippen molar-refractivity contribution < 1.29 is 24.2 Å². The quantitative estimate of drug-likeness (QED) is 0.678. The molecule has 1 saturated heterocycles. The fraction of sp³-hybridized carbons (Fsp3) is 0.318. The second-order valence-corrected chi connectivity index (χ2v) is 6.95. The lowest BCUT2D eigenvalue weighted by atomic mass is 10.1. The summed E-state index contributed by atoms with van der Waals surface area (Å²) in [5.74, 6) is -0.478. The minimum Gasteiger partial charge on any atom is -0.482 e. The van der Waals surface area contributed by atoms with E-state index < -0.39 is 5.97 Å². The van der Waals surface area contributed by atoms with Gasteiger partial charge in [0.1, 0.15) is 5.75 Å². The smallest absolute Gasteiger partial charge is 0.341 e. The van der Waals surface area contributed by atoms with Crippen LogP contribution in [0.4, 0.5) is 0 Å². The Kier molecular flexibility index (Phi) is 6.84. The van der Waals surface area contributed by atoms with Crippen molar-refractivity contribution in [2.75, 3.05) is 19.7 Å². The third-order valence-electron chi connectivity index (χ3n) is 4.75. The third kappa shape index (κ3) is 6.07. The maximum Gasteiger partial charge on any atom is 0.341 e. The summed E-state index contributed by atoms with van der Waals surface area (Å²) in [7, 11) is 0. The van der Waals surface area contributed by atoms with Crippen molar-refractivity contribution in [1.29, 1.82) is 0 Å². The predicted octanol–water partition coefficient (Wildman–Crippen LogP) is 2.24. The molecule has 0 aromatic heterocycles. The average Bonchev–Trinajstić information content (AvgIpc) is 3.12. The van der Waals surface area contributed by atoms with E-state index >= 15 is 0 Å². The largest absolute Gasteiger partial charge is 0.482 e. The van der Waals surface area contributed by atoms with E-state index in [0.717, 1.165) is 24.1 Å². The molecule has 29 heavy (non-hydrogen) atoms. The van der Waals surface area contributed by atoms with Crippen LogP contribution in [0.3, 0.4) is 0 Å². The van der Waals surface area contributed by atoms with Gasteiger partial charge in [0.05, 0.1) is 0 Å². The number of amides is 2. The number of carbonyl (C=O) groups is 3. The molecule has 2 aromatic rings. The normalized spacial score (nSPS) is 13.4. The van der Waals surface area contributed by atoms with Crippen LogP contribution in [0, 0.1) is 0 Å². The standard InChI is InChI=1S/C22H24N2O5/c25-20-2-1-13-24(20)14-17-3-7-18(8-4-17)22(28)23-12-11-16-5-9-19(10-6-16)29-15-21(26)27/h3-10H,1-2,11-15H2,(H,23,28)(H,26,27). The summed E-state index contributed by atoms with van der Waals surface area (Å²) in [4.78, 5) is 36.3. The number of aliphatic carboxylic acids is 1. The van der Waals surface area contributed by atoms with E-state index in [0.29, 0.717) is 37.2 Å². The number of carbonyl (C=O) groups excluding carboxylic acids is 2. The zero-order valence-electron chi connectivity index (χ0n) is 16.1. The van der Waals surface area contributed by atoms with E-state index in [4.69, 9.17) is 9.84 Å². The van der Waals surface area contributed by atoms with Crippen LogP contribution < -0.4 is 10.1 Å². The van der Waals surface area contributed by atoms with E-state index in [-0.39, 0.29) is 18.4 Å². The van der Waals surface area contributed by atoms with Crippen LogP contribution in [-0.2, 0) is 22.6 Å². The molecule has 1 heterocycles. The molecular weight excluding hydrogens is 372 g/mol. The lowest BCUT2D eigenvalue weighted by Crippen LogP contribution is -2.26. The number of nitrogens with one attached hydrogen (secondary N) is 1. The molecule has 1 aliphatic rings. The zero-order valence-corrected chi connectivity index (χ0v) is 16.1. The molecule has 0 radical (unpaired) electrons. The van der Waals surface area contributed by atoms with Gasteiger partial charge in [0.15, 0.2) is 6.61 Å². The molecule has 0 unspecified atom stereocenters. The summed E-state index contributed by atoms with van der Waals surface area (Å²) < 4.78 is 5.09. The Morgan fingerprint density at radius 2 is 1.72 bits per heavy atom. The van der Waals surface area contributed by atoms with Gasteiger partial charge in [0.2, 0.25) is 5.91 Å². The zero-order chi connectivity index (χ0) is 20.6. The Morgan fingerprint density at radius 3 is 2.34 bits per heavy atom. The molecule has 0 aliphatic carbocycles. The first kappa shape index (κ1) is 20.4. The van der Waals surface area contributed by atoms with E-state index in [9.17, 15) is 14.4 Å². The van der Waals surface area contributed by atoms with Gasteiger partial charge in [-0.1, -0.05) is 24.3 Å². The molecule has 7 nitrogen and oxygen atoms in total. The molecule has 3 rings (SSSR count). The molecule has 2 N–H and O–H groups in total. The number of hydrogen-bond donors (Lipinski definition) is 2. The molecular formula is C22H24N2O5. The van der Waals surface area contributed by atoms with Crippen molar-refractivity contribution in [3.8, 4) is 5.75 Å². The van der Waals surface area contributed by atoms with Gasteiger partial charge < -0.3 is 20.1 Å². The summed E-state index contributed by atoms with van der Waals surface area (Å²) >= 11 is 0. The fourth-order valence-corrected chi connectivity index (χ4v) is 3.17. The van der Waals surface area contributed by atoms with Crippen LogP contribution >= 0.6 is 0 Å². The SMILES string of the molecule is O=C(O)COc1ccc(CCNC(=O)c2ccc(CN3CCCC3=O)cc2)cc1. The number of carboxylic acids is 1. The van der Waals surface area contributed by atoms with Crippen LogP contribution in [0.5, 0.6) is 5.75 Å². The summed E-state index contributed by atoms with van der Waals surface area (Å²) in [5, 5.41) is 11.5. The fourth-order valence-electron chi connectivity index (χ4n) is 3.17. The second kappa shape index (κ2) is 9.73. The Balaban J connectivity index is 1.43. The van der Waals surface area contributed by atoms with Gasteiger partial charge in [-0.3, -0.25) is 9.59 Å². The molecule has 0 spiro atoms. The highest BCUT2D eigenvalue weighted by atomic mass is 16.5. The molecule has 0 bridgehead atoms. The molecule has 1 aliphatic heterocycles. The molecule has 1 fully saturated rings. The molecule has 2 aromatic carbocycles. The number of carboxylic acid groups (broad SMARTS) is 1. The molecule has 152 valence electrons. The van der Waals surface area contributed by atoms with Crippen molar-refractivity contribution in [3.63, 3.8) is 0 Å². The maximum atomic E-state index is 12.3. The second-order valence-electron chi connectivity index (χ2n) is 6.95. The summed E-state index contributed by atoms with van der Waals surface area (Å²) in [5.41, 5.74) is 2.61. The van der Waals surface area contributed by atoms with Crippen LogP contribution in [0.25, 0.3) is 0 Å². The van der Waals surface area contributed by atoms with Crippen LogP contribution in [-0.4, -0.2) is 47.5 Å². The number of likely N-dealkylation sites (tertiary alicyclic amines) is 1. The number of rotatable bonds is 9. The Bertz CT molecular complexity index is 862. The minimum atomic E-state index is -1.02. The van der Waals surface area contributed by atoms with E-state index in [2.05, 4.69) is 5.32 Å². The first-order valence-electron chi connectivity index (χ1n) is 9.60. The monoisotopic (exact) mass is 396 g/mol. The van der Waals surface area contributed by atoms with Crippen molar-refractivity contribution in [1.82, 2.24) is 10.2 Å². The summed E-state index contributed by atoms with van der Waals surface area (Å²) in [6.45, 7) is 1.50. The number of hydrogen-bond acceptors (Lipinski definition) is 4. The van der Waals surface area contributed by atoms with Crippen molar-refractivity contribution >= 4 is 17.8 Å².